The highest BCUT2D eigenvalue weighted by Gasteiger charge is 2.20. The normalized spacial score (nSPS) is 11.2. The van der Waals surface area contributed by atoms with Crippen molar-refractivity contribution < 1.29 is 38.1 Å². The van der Waals surface area contributed by atoms with Gasteiger partial charge in [0.1, 0.15) is 5.75 Å². The number of anilines is 1. The summed E-state index contributed by atoms with van der Waals surface area (Å²) in [6.07, 6.45) is 2.50. The Bertz CT molecular complexity index is 1540. The quantitative estimate of drug-likeness (QED) is 0.0674. The van der Waals surface area contributed by atoms with E-state index >= 15 is 0 Å². The number of halogens is 1. The van der Waals surface area contributed by atoms with Crippen LogP contribution in [-0.2, 0) is 33.4 Å². The van der Waals surface area contributed by atoms with Gasteiger partial charge in [-0.25, -0.2) is 4.98 Å². The van der Waals surface area contributed by atoms with Gasteiger partial charge in [-0.1, -0.05) is 11.6 Å². The number of nitrogens with zero attached hydrogens (tertiary/aromatic N) is 3. The number of unbranched alkanes of at least 4 members (excludes halogenated alkanes) is 2. The number of fused-ring (bicyclic) bond motifs is 2. The van der Waals surface area contributed by atoms with E-state index < -0.39 is 17.9 Å². The molecule has 0 bridgehead atoms. The molecule has 268 valence electrons. The smallest absolute Gasteiger partial charge is 0.320 e. The van der Waals surface area contributed by atoms with Crippen LogP contribution in [-0.4, -0.2) is 118 Å². The molecule has 0 radical (unpaired) electrons. The van der Waals surface area contributed by atoms with Crippen molar-refractivity contribution in [2.75, 3.05) is 84.6 Å². The highest BCUT2D eigenvalue weighted by molar-refractivity contribution is 6.31. The van der Waals surface area contributed by atoms with Gasteiger partial charge in [0.25, 0.3) is 0 Å². The largest absolute Gasteiger partial charge is 0.497 e. The molecule has 0 aliphatic carbocycles. The Morgan fingerprint density at radius 2 is 1.31 bits per heavy atom. The Kier molecular flexibility index (Phi) is 16.8. The van der Waals surface area contributed by atoms with E-state index in [-0.39, 0.29) is 65.0 Å². The van der Waals surface area contributed by atoms with Crippen molar-refractivity contribution in [2.45, 2.75) is 40.0 Å². The maximum Gasteiger partial charge on any atom is 0.320 e. The van der Waals surface area contributed by atoms with Gasteiger partial charge in [0.2, 0.25) is 5.91 Å². The summed E-state index contributed by atoms with van der Waals surface area (Å²) in [5, 5.41) is 9.05. The second kappa shape index (κ2) is 21.0. The minimum atomic E-state index is -0.482. The fourth-order valence-corrected chi connectivity index (χ4v) is 5.39. The van der Waals surface area contributed by atoms with E-state index in [0.717, 1.165) is 52.5 Å². The van der Waals surface area contributed by atoms with Gasteiger partial charge in [-0.15, -0.1) is 0 Å². The molecule has 0 aliphatic heterocycles. The zero-order valence-corrected chi connectivity index (χ0v) is 29.6. The van der Waals surface area contributed by atoms with Crippen LogP contribution in [0.3, 0.4) is 0 Å². The number of hydrogen-bond donors (Lipinski definition) is 2. The second-order valence-corrected chi connectivity index (χ2v) is 11.6. The lowest BCUT2D eigenvalue weighted by molar-refractivity contribution is -0.149. The van der Waals surface area contributed by atoms with Gasteiger partial charge in [0, 0.05) is 42.0 Å². The van der Waals surface area contributed by atoms with Gasteiger partial charge in [0.05, 0.1) is 69.8 Å². The predicted molar refractivity (Wildman–Crippen MR) is 189 cm³/mol. The van der Waals surface area contributed by atoms with Crippen molar-refractivity contribution in [3.05, 3.63) is 41.4 Å². The fourth-order valence-electron chi connectivity index (χ4n) is 5.22. The lowest BCUT2D eigenvalue weighted by Crippen LogP contribution is -2.46. The van der Waals surface area contributed by atoms with Crippen molar-refractivity contribution in [3.63, 3.8) is 0 Å². The molecule has 0 atom stereocenters. The van der Waals surface area contributed by atoms with Gasteiger partial charge in [-0.3, -0.25) is 29.0 Å². The molecule has 1 aromatic heterocycles. The van der Waals surface area contributed by atoms with Gasteiger partial charge >= 0.3 is 17.9 Å². The third-order valence-electron chi connectivity index (χ3n) is 7.49. The Balaban J connectivity index is 1.51. The number of esters is 3. The van der Waals surface area contributed by atoms with E-state index in [9.17, 15) is 19.2 Å². The number of nitrogens with one attached hydrogen (secondary N) is 2. The first-order valence-electron chi connectivity index (χ1n) is 16.7. The number of pyridine rings is 1. The molecule has 13 nitrogen and oxygen atoms in total. The molecule has 0 fully saturated rings. The molecule has 2 N–H and O–H groups in total. The number of benzene rings is 2. The van der Waals surface area contributed by atoms with Crippen molar-refractivity contribution in [3.8, 4) is 5.75 Å². The van der Waals surface area contributed by atoms with Crippen LogP contribution in [0, 0.1) is 0 Å². The zero-order valence-electron chi connectivity index (χ0n) is 28.8. The Morgan fingerprint density at radius 3 is 1.90 bits per heavy atom. The number of ether oxygens (including phenoxy) is 4. The van der Waals surface area contributed by atoms with Gasteiger partial charge in [-0.05, 0) is 76.4 Å². The van der Waals surface area contributed by atoms with Crippen LogP contribution < -0.4 is 15.4 Å². The topological polar surface area (TPSA) is 149 Å². The Hall–Kier alpha value is -4.20. The maximum absolute atomic E-state index is 12.9. The summed E-state index contributed by atoms with van der Waals surface area (Å²) in [4.78, 5) is 57.4. The standard InChI is InChI=1S/C35H48ClN5O8/c1-5-47-32(43)22-40(17-18-41(23-33(44)48-6-2)24-34(45)49-7-3)21-31(42)37-15-9-8-10-16-38-35-27-13-11-25(36)19-30(27)39-29-14-12-26(46-4)20-28(29)35/h11-14,19-20H,5-10,15-18,21-24H2,1-4H3,(H,37,42)(H,38,39). The number of carbonyl (C=O) groups excluding carboxylic acids is 4. The lowest BCUT2D eigenvalue weighted by atomic mass is 10.1. The third kappa shape index (κ3) is 13.3. The third-order valence-corrected chi connectivity index (χ3v) is 7.73. The molecule has 0 unspecified atom stereocenters. The van der Waals surface area contributed by atoms with Crippen molar-refractivity contribution in [2.24, 2.45) is 0 Å². The fraction of sp³-hybridized carbons (Fsp3) is 0.514. The maximum atomic E-state index is 12.9. The number of rotatable bonds is 22. The average Bonchev–Trinajstić information content (AvgIpc) is 3.06. The molecule has 3 aromatic rings. The zero-order chi connectivity index (χ0) is 35.6. The number of aromatic nitrogens is 1. The second-order valence-electron chi connectivity index (χ2n) is 11.2. The van der Waals surface area contributed by atoms with Crippen LogP contribution in [0.2, 0.25) is 5.02 Å². The molecule has 49 heavy (non-hydrogen) atoms. The molecule has 0 aliphatic rings. The van der Waals surface area contributed by atoms with E-state index in [0.29, 0.717) is 18.1 Å². The Morgan fingerprint density at radius 1 is 0.714 bits per heavy atom. The number of carbonyl (C=O) groups is 4. The molecule has 14 heteroatoms. The lowest BCUT2D eigenvalue weighted by Gasteiger charge is -2.25. The van der Waals surface area contributed by atoms with E-state index in [1.54, 1.807) is 37.7 Å². The first kappa shape index (κ1) is 39.2. The van der Waals surface area contributed by atoms with E-state index in [2.05, 4.69) is 10.6 Å². The van der Waals surface area contributed by atoms with Crippen molar-refractivity contribution >= 4 is 62.9 Å². The molecule has 0 saturated carbocycles. The van der Waals surface area contributed by atoms with Gasteiger partial charge in [0.15, 0.2) is 0 Å². The summed E-state index contributed by atoms with van der Waals surface area (Å²) in [5.41, 5.74) is 2.61. The minimum Gasteiger partial charge on any atom is -0.497 e. The first-order chi connectivity index (χ1) is 23.7. The van der Waals surface area contributed by atoms with Crippen LogP contribution in [0.15, 0.2) is 36.4 Å². The van der Waals surface area contributed by atoms with Crippen LogP contribution in [0.25, 0.3) is 21.8 Å². The molecule has 0 saturated heterocycles. The summed E-state index contributed by atoms with van der Waals surface area (Å²) in [7, 11) is 1.63. The number of methoxy groups -OCH3 is 1. The molecule has 1 amide bonds. The van der Waals surface area contributed by atoms with Gasteiger partial charge in [-0.2, -0.15) is 0 Å². The van der Waals surface area contributed by atoms with Gasteiger partial charge < -0.3 is 29.6 Å². The molecule has 3 rings (SSSR count). The SMILES string of the molecule is CCOC(=O)CN(CCN(CC(=O)OCC)CC(=O)OCC)CC(=O)NCCCCCNc1c2ccc(Cl)cc2nc2ccc(OC)cc12. The van der Waals surface area contributed by atoms with Crippen molar-refractivity contribution in [1.29, 1.82) is 0 Å². The summed E-state index contributed by atoms with van der Waals surface area (Å²) < 4.78 is 20.6. The summed E-state index contributed by atoms with van der Waals surface area (Å²) in [6.45, 7) is 6.95. The van der Waals surface area contributed by atoms with E-state index in [1.807, 2.05) is 36.4 Å². The first-order valence-corrected chi connectivity index (χ1v) is 17.0. The highest BCUT2D eigenvalue weighted by Crippen LogP contribution is 2.34. The average molecular weight is 702 g/mol. The number of amides is 1. The minimum absolute atomic E-state index is 0.0529. The highest BCUT2D eigenvalue weighted by atomic mass is 35.5. The predicted octanol–water partition coefficient (Wildman–Crippen LogP) is 4.04. The summed E-state index contributed by atoms with van der Waals surface area (Å²) in [6, 6.07) is 11.4. The van der Waals surface area contributed by atoms with Crippen LogP contribution >= 0.6 is 11.6 Å². The summed E-state index contributed by atoms with van der Waals surface area (Å²) >= 11 is 6.24. The van der Waals surface area contributed by atoms with Crippen LogP contribution in [0.4, 0.5) is 5.69 Å². The van der Waals surface area contributed by atoms with Crippen molar-refractivity contribution in [1.82, 2.24) is 20.1 Å². The molecular weight excluding hydrogens is 654 g/mol. The molecule has 2 aromatic carbocycles. The van der Waals surface area contributed by atoms with Crippen LogP contribution in [0.5, 0.6) is 5.75 Å². The van der Waals surface area contributed by atoms with E-state index in [1.165, 1.54) is 0 Å². The summed E-state index contributed by atoms with van der Waals surface area (Å²) in [5.74, 6) is -0.935. The van der Waals surface area contributed by atoms with Crippen LogP contribution in [0.1, 0.15) is 40.0 Å². The number of hydrogen-bond acceptors (Lipinski definition) is 12. The monoisotopic (exact) mass is 701 g/mol. The molecule has 1 heterocycles. The molecular formula is C35H48ClN5O8. The molecule has 0 spiro atoms. The Labute approximate surface area is 292 Å². The van der Waals surface area contributed by atoms with E-state index in [4.69, 9.17) is 35.5 Å².